The average Bonchev–Trinajstić information content (AvgIpc) is 3.13. The van der Waals surface area contributed by atoms with Crippen molar-refractivity contribution in [3.05, 3.63) is 64.3 Å². The number of hydrogen-bond acceptors (Lipinski definition) is 1. The lowest BCUT2D eigenvalue weighted by atomic mass is 10.0. The predicted molar refractivity (Wildman–Crippen MR) is 97.4 cm³/mol. The standard InChI is InChI=1S/C16H13BrN2.CH3Br/c17-13-5-3-7-15-11(13)8-16(19-15)12-9-18-14-6-2-1-4-10(12)14;1-2/h1-7,9,16,18-19H,8H2;1H3. The molecular formula is C17H16Br2N2. The quantitative estimate of drug-likeness (QED) is 0.501. The van der Waals surface area contributed by atoms with Crippen LogP contribution in [0.3, 0.4) is 0 Å². The van der Waals surface area contributed by atoms with Crippen LogP contribution in [0, 0.1) is 0 Å². The average molecular weight is 408 g/mol. The van der Waals surface area contributed by atoms with E-state index in [-0.39, 0.29) is 0 Å². The first-order valence-corrected chi connectivity index (χ1v) is 9.18. The number of para-hydroxylation sites is 1. The Morgan fingerprint density at radius 2 is 1.86 bits per heavy atom. The van der Waals surface area contributed by atoms with Gasteiger partial charge in [0.1, 0.15) is 0 Å². The molecule has 108 valence electrons. The third-order valence-electron chi connectivity index (χ3n) is 3.85. The summed E-state index contributed by atoms with van der Waals surface area (Å²) in [6, 6.07) is 15.1. The molecule has 2 nitrogen and oxygen atoms in total. The molecule has 0 aliphatic carbocycles. The maximum Gasteiger partial charge on any atom is 0.0576 e. The van der Waals surface area contributed by atoms with Crippen LogP contribution < -0.4 is 5.32 Å². The third-order valence-corrected chi connectivity index (χ3v) is 4.60. The van der Waals surface area contributed by atoms with Crippen LogP contribution in [0.4, 0.5) is 5.69 Å². The first-order valence-electron chi connectivity index (χ1n) is 6.80. The third kappa shape index (κ3) is 2.62. The SMILES string of the molecule is Brc1cccc2c1CC(c1c[nH]c3ccccc13)N2.CBr. The van der Waals surface area contributed by atoms with Gasteiger partial charge in [-0.25, -0.2) is 0 Å². The lowest BCUT2D eigenvalue weighted by molar-refractivity contribution is 0.830. The number of aromatic amines is 1. The van der Waals surface area contributed by atoms with Crippen LogP contribution in [-0.2, 0) is 6.42 Å². The predicted octanol–water partition coefficient (Wildman–Crippen LogP) is 5.65. The zero-order chi connectivity index (χ0) is 14.8. The van der Waals surface area contributed by atoms with Gasteiger partial charge in [-0.2, -0.15) is 0 Å². The summed E-state index contributed by atoms with van der Waals surface area (Å²) in [7, 11) is 0. The largest absolute Gasteiger partial charge is 0.378 e. The van der Waals surface area contributed by atoms with E-state index in [0.29, 0.717) is 6.04 Å². The highest BCUT2D eigenvalue weighted by Crippen LogP contribution is 2.39. The molecule has 1 aliphatic heterocycles. The number of nitrogens with one attached hydrogen (secondary N) is 2. The molecule has 21 heavy (non-hydrogen) atoms. The summed E-state index contributed by atoms with van der Waals surface area (Å²) in [5.74, 6) is 1.81. The Kier molecular flexibility index (Phi) is 4.36. The number of halogens is 2. The van der Waals surface area contributed by atoms with Crippen LogP contribution in [0.2, 0.25) is 0 Å². The molecule has 0 saturated heterocycles. The molecule has 3 aromatic rings. The maximum absolute atomic E-state index is 3.64. The summed E-state index contributed by atoms with van der Waals surface area (Å²) < 4.78 is 1.19. The number of anilines is 1. The molecule has 2 aromatic carbocycles. The first kappa shape index (κ1) is 14.7. The van der Waals surface area contributed by atoms with Crippen LogP contribution in [0.25, 0.3) is 10.9 Å². The van der Waals surface area contributed by atoms with Gasteiger partial charge in [-0.15, -0.1) is 0 Å². The highest BCUT2D eigenvalue weighted by Gasteiger charge is 2.25. The molecule has 2 heterocycles. The van der Waals surface area contributed by atoms with E-state index in [9.17, 15) is 0 Å². The fourth-order valence-corrected chi connectivity index (χ4v) is 3.44. The van der Waals surface area contributed by atoms with Crippen molar-refractivity contribution in [3.63, 3.8) is 0 Å². The Morgan fingerprint density at radius 3 is 2.67 bits per heavy atom. The van der Waals surface area contributed by atoms with E-state index in [1.807, 2.05) is 5.83 Å². The van der Waals surface area contributed by atoms with Gasteiger partial charge in [0, 0.05) is 27.3 Å². The number of aromatic nitrogens is 1. The lowest BCUT2D eigenvalue weighted by Gasteiger charge is -2.10. The molecule has 0 radical (unpaired) electrons. The van der Waals surface area contributed by atoms with Crippen molar-refractivity contribution in [2.24, 2.45) is 0 Å². The number of hydrogen-bond donors (Lipinski definition) is 2. The minimum Gasteiger partial charge on any atom is -0.378 e. The van der Waals surface area contributed by atoms with Crippen molar-refractivity contribution >= 4 is 48.5 Å². The molecule has 0 amide bonds. The fraction of sp³-hybridized carbons (Fsp3) is 0.176. The molecule has 2 N–H and O–H groups in total. The summed E-state index contributed by atoms with van der Waals surface area (Å²) in [6.07, 6.45) is 3.15. The van der Waals surface area contributed by atoms with Crippen molar-refractivity contribution in [1.82, 2.24) is 4.98 Å². The number of H-pyrrole nitrogens is 1. The molecule has 1 aliphatic rings. The van der Waals surface area contributed by atoms with E-state index >= 15 is 0 Å². The van der Waals surface area contributed by atoms with Gasteiger partial charge >= 0.3 is 0 Å². The van der Waals surface area contributed by atoms with Gasteiger partial charge in [0.25, 0.3) is 0 Å². The van der Waals surface area contributed by atoms with Crippen LogP contribution >= 0.6 is 31.9 Å². The summed E-state index contributed by atoms with van der Waals surface area (Å²) in [5.41, 5.74) is 5.16. The first-order chi connectivity index (χ1) is 10.3. The van der Waals surface area contributed by atoms with Gasteiger partial charge < -0.3 is 10.3 Å². The Morgan fingerprint density at radius 1 is 1.05 bits per heavy atom. The van der Waals surface area contributed by atoms with Crippen molar-refractivity contribution in [2.45, 2.75) is 12.5 Å². The summed E-state index contributed by atoms with van der Waals surface area (Å²) in [6.45, 7) is 0. The smallest absolute Gasteiger partial charge is 0.0576 e. The molecule has 1 aromatic heterocycles. The topological polar surface area (TPSA) is 27.8 Å². The molecule has 1 unspecified atom stereocenters. The zero-order valence-electron chi connectivity index (χ0n) is 11.7. The van der Waals surface area contributed by atoms with E-state index in [2.05, 4.69) is 90.8 Å². The second kappa shape index (κ2) is 6.24. The fourth-order valence-electron chi connectivity index (χ4n) is 2.91. The van der Waals surface area contributed by atoms with Gasteiger partial charge in [-0.05, 0) is 41.6 Å². The zero-order valence-corrected chi connectivity index (χ0v) is 14.8. The van der Waals surface area contributed by atoms with E-state index in [1.165, 1.54) is 32.2 Å². The molecular weight excluding hydrogens is 392 g/mol. The van der Waals surface area contributed by atoms with Crippen LogP contribution in [0.1, 0.15) is 17.2 Å². The Labute approximate surface area is 141 Å². The Balaban J connectivity index is 0.000000636. The molecule has 4 heteroatoms. The van der Waals surface area contributed by atoms with Gasteiger partial charge in [0.15, 0.2) is 0 Å². The molecule has 0 saturated carbocycles. The molecule has 0 fully saturated rings. The molecule has 4 rings (SSSR count). The highest BCUT2D eigenvalue weighted by atomic mass is 79.9. The van der Waals surface area contributed by atoms with E-state index < -0.39 is 0 Å². The molecule has 0 spiro atoms. The van der Waals surface area contributed by atoms with Crippen LogP contribution in [0.5, 0.6) is 0 Å². The van der Waals surface area contributed by atoms with Crippen LogP contribution in [-0.4, -0.2) is 10.8 Å². The number of rotatable bonds is 1. The maximum atomic E-state index is 3.64. The highest BCUT2D eigenvalue weighted by molar-refractivity contribution is 9.10. The molecule has 1 atom stereocenters. The minimum absolute atomic E-state index is 0.352. The van der Waals surface area contributed by atoms with Gasteiger partial charge in [0.2, 0.25) is 0 Å². The summed E-state index contributed by atoms with van der Waals surface area (Å²) in [5, 5.41) is 4.93. The number of alkyl halides is 1. The van der Waals surface area contributed by atoms with Crippen LogP contribution in [0.15, 0.2) is 53.1 Å². The van der Waals surface area contributed by atoms with E-state index in [4.69, 9.17) is 0 Å². The Hall–Kier alpha value is -1.26. The lowest BCUT2D eigenvalue weighted by Crippen LogP contribution is -2.04. The van der Waals surface area contributed by atoms with E-state index in [0.717, 1.165) is 6.42 Å². The van der Waals surface area contributed by atoms with Crippen molar-refractivity contribution in [3.8, 4) is 0 Å². The van der Waals surface area contributed by atoms with Gasteiger partial charge in [-0.1, -0.05) is 56.1 Å². The Bertz CT molecular complexity index is 764. The van der Waals surface area contributed by atoms with Gasteiger partial charge in [-0.3, -0.25) is 0 Å². The second-order valence-corrected chi connectivity index (χ2v) is 5.81. The van der Waals surface area contributed by atoms with Crippen molar-refractivity contribution in [2.75, 3.05) is 11.1 Å². The van der Waals surface area contributed by atoms with Gasteiger partial charge in [0.05, 0.1) is 6.04 Å². The van der Waals surface area contributed by atoms with Crippen molar-refractivity contribution in [1.29, 1.82) is 0 Å². The normalized spacial score (nSPS) is 16.0. The molecule has 0 bridgehead atoms. The monoisotopic (exact) mass is 406 g/mol. The number of fused-ring (bicyclic) bond motifs is 2. The number of benzene rings is 2. The van der Waals surface area contributed by atoms with E-state index in [1.54, 1.807) is 0 Å². The minimum atomic E-state index is 0.352. The van der Waals surface area contributed by atoms with Crippen molar-refractivity contribution < 1.29 is 0 Å². The summed E-state index contributed by atoms with van der Waals surface area (Å²) in [4.78, 5) is 3.35. The second-order valence-electron chi connectivity index (χ2n) is 4.96. The summed E-state index contributed by atoms with van der Waals surface area (Å²) >= 11 is 6.58.